The zero-order valence-corrected chi connectivity index (χ0v) is 11.1. The number of carbonyl (C=O) groups excluding carboxylic acids is 1. The van der Waals surface area contributed by atoms with Crippen molar-refractivity contribution in [1.29, 1.82) is 0 Å². The molecule has 0 atom stereocenters. The van der Waals surface area contributed by atoms with Crippen LogP contribution in [-0.4, -0.2) is 22.2 Å². The number of benzene rings is 1. The van der Waals surface area contributed by atoms with Gasteiger partial charge in [0, 0.05) is 19.8 Å². The first-order valence-corrected chi connectivity index (χ1v) is 6.47. The zero-order valence-electron chi connectivity index (χ0n) is 11.1. The van der Waals surface area contributed by atoms with E-state index in [4.69, 9.17) is 0 Å². The molecular formula is C14H15FN4O. The van der Waals surface area contributed by atoms with Gasteiger partial charge in [-0.3, -0.25) is 9.48 Å². The summed E-state index contributed by atoms with van der Waals surface area (Å²) in [6, 6.07) is 5.05. The van der Waals surface area contributed by atoms with Crippen LogP contribution < -0.4 is 10.6 Å². The van der Waals surface area contributed by atoms with Crippen molar-refractivity contribution in [2.45, 2.75) is 13.0 Å². The Hall–Kier alpha value is -2.21. The fraction of sp³-hybridized carbons (Fsp3) is 0.286. The lowest BCUT2D eigenvalue weighted by Gasteiger charge is -2.19. The minimum atomic E-state index is -0.363. The van der Waals surface area contributed by atoms with Crippen molar-refractivity contribution < 1.29 is 9.18 Å². The number of hydrogen-bond donors (Lipinski definition) is 2. The molecule has 2 aromatic rings. The molecule has 1 aliphatic heterocycles. The second-order valence-electron chi connectivity index (χ2n) is 4.79. The third kappa shape index (κ3) is 2.18. The van der Waals surface area contributed by atoms with E-state index in [-0.39, 0.29) is 17.4 Å². The van der Waals surface area contributed by atoms with E-state index in [1.165, 1.54) is 10.9 Å². The Kier molecular flexibility index (Phi) is 3.23. The van der Waals surface area contributed by atoms with Gasteiger partial charge in [0.25, 0.3) is 5.91 Å². The first-order valence-electron chi connectivity index (χ1n) is 6.47. The van der Waals surface area contributed by atoms with E-state index in [2.05, 4.69) is 15.7 Å². The molecule has 0 spiro atoms. The quantitative estimate of drug-likeness (QED) is 0.871. The fourth-order valence-corrected chi connectivity index (χ4v) is 2.41. The molecular weight excluding hydrogens is 259 g/mol. The molecule has 3 rings (SSSR count). The Morgan fingerprint density at radius 2 is 2.30 bits per heavy atom. The Morgan fingerprint density at radius 1 is 1.45 bits per heavy atom. The number of hydrogen-bond acceptors (Lipinski definition) is 3. The molecule has 1 aromatic carbocycles. The van der Waals surface area contributed by atoms with Crippen LogP contribution in [0.4, 0.5) is 10.1 Å². The van der Waals surface area contributed by atoms with E-state index in [0.717, 1.165) is 12.1 Å². The highest BCUT2D eigenvalue weighted by Crippen LogP contribution is 2.24. The second-order valence-corrected chi connectivity index (χ2v) is 4.79. The summed E-state index contributed by atoms with van der Waals surface area (Å²) < 4.78 is 15.8. The van der Waals surface area contributed by atoms with E-state index in [1.807, 2.05) is 6.07 Å². The van der Waals surface area contributed by atoms with Crippen molar-refractivity contribution in [2.24, 2.45) is 7.05 Å². The van der Waals surface area contributed by atoms with Gasteiger partial charge in [0.1, 0.15) is 11.5 Å². The number of fused-ring (bicyclic) bond motifs is 1. The highest BCUT2D eigenvalue weighted by molar-refractivity contribution is 6.03. The molecule has 1 aromatic heterocycles. The number of nitrogens with one attached hydrogen (secondary N) is 2. The maximum absolute atomic E-state index is 14.4. The number of anilines is 1. The summed E-state index contributed by atoms with van der Waals surface area (Å²) in [5, 5.41) is 9.73. The lowest BCUT2D eigenvalue weighted by atomic mass is 9.99. The number of nitrogens with zero attached hydrogens (tertiary/aromatic N) is 2. The van der Waals surface area contributed by atoms with Gasteiger partial charge in [-0.05, 0) is 36.2 Å². The Bertz CT molecular complexity index is 665. The molecule has 2 N–H and O–H groups in total. The van der Waals surface area contributed by atoms with Crippen LogP contribution in [0.15, 0.2) is 24.4 Å². The second kappa shape index (κ2) is 5.05. The standard InChI is InChI=1S/C14H15FN4O/c1-19-12(5-7-17-19)14(20)18-11-3-2-9-8-16-6-4-10(9)13(11)15/h2-3,5,7,16H,4,6,8H2,1H3,(H,18,20). The molecule has 104 valence electrons. The van der Waals surface area contributed by atoms with Crippen LogP contribution in [0.3, 0.4) is 0 Å². The molecule has 6 heteroatoms. The predicted molar refractivity (Wildman–Crippen MR) is 73.0 cm³/mol. The van der Waals surface area contributed by atoms with Gasteiger partial charge in [-0.2, -0.15) is 5.10 Å². The molecule has 20 heavy (non-hydrogen) atoms. The molecule has 5 nitrogen and oxygen atoms in total. The Balaban J connectivity index is 1.88. The summed E-state index contributed by atoms with van der Waals surface area (Å²) in [5.41, 5.74) is 2.25. The Labute approximate surface area is 115 Å². The summed E-state index contributed by atoms with van der Waals surface area (Å²) in [5.74, 6) is -0.697. The molecule has 0 radical (unpaired) electrons. The van der Waals surface area contributed by atoms with Crippen molar-refractivity contribution in [3.8, 4) is 0 Å². The summed E-state index contributed by atoms with van der Waals surface area (Å²) in [4.78, 5) is 12.1. The SMILES string of the molecule is Cn1nccc1C(=O)Nc1ccc2c(c1F)CCNC2. The smallest absolute Gasteiger partial charge is 0.273 e. The molecule has 1 amide bonds. The summed E-state index contributed by atoms with van der Waals surface area (Å²) in [6.45, 7) is 1.42. The minimum Gasteiger partial charge on any atom is -0.318 e. The highest BCUT2D eigenvalue weighted by Gasteiger charge is 2.18. The average molecular weight is 274 g/mol. The molecule has 0 fully saturated rings. The van der Waals surface area contributed by atoms with Gasteiger partial charge < -0.3 is 10.6 Å². The average Bonchev–Trinajstić information content (AvgIpc) is 2.88. The Morgan fingerprint density at radius 3 is 3.05 bits per heavy atom. The van der Waals surface area contributed by atoms with Gasteiger partial charge in [0.05, 0.1) is 5.69 Å². The highest BCUT2D eigenvalue weighted by atomic mass is 19.1. The van der Waals surface area contributed by atoms with E-state index in [1.54, 1.807) is 19.2 Å². The maximum Gasteiger partial charge on any atom is 0.273 e. The van der Waals surface area contributed by atoms with E-state index >= 15 is 0 Å². The van der Waals surface area contributed by atoms with Crippen LogP contribution in [0.5, 0.6) is 0 Å². The molecule has 0 unspecified atom stereocenters. The molecule has 1 aliphatic rings. The lowest BCUT2D eigenvalue weighted by Crippen LogP contribution is -2.25. The first kappa shape index (κ1) is 12.8. The monoisotopic (exact) mass is 274 g/mol. The van der Waals surface area contributed by atoms with E-state index < -0.39 is 0 Å². The van der Waals surface area contributed by atoms with Gasteiger partial charge >= 0.3 is 0 Å². The normalized spacial score (nSPS) is 13.9. The molecule has 2 heterocycles. The van der Waals surface area contributed by atoms with Crippen LogP contribution >= 0.6 is 0 Å². The van der Waals surface area contributed by atoms with Crippen molar-refractivity contribution >= 4 is 11.6 Å². The van der Waals surface area contributed by atoms with Crippen LogP contribution in [0.2, 0.25) is 0 Å². The van der Waals surface area contributed by atoms with Crippen LogP contribution in [0.25, 0.3) is 0 Å². The fourth-order valence-electron chi connectivity index (χ4n) is 2.41. The lowest BCUT2D eigenvalue weighted by molar-refractivity contribution is 0.101. The first-order chi connectivity index (χ1) is 9.66. The van der Waals surface area contributed by atoms with Crippen LogP contribution in [0.1, 0.15) is 21.6 Å². The number of halogens is 1. The van der Waals surface area contributed by atoms with Gasteiger partial charge in [-0.1, -0.05) is 6.07 Å². The summed E-state index contributed by atoms with van der Waals surface area (Å²) in [6.07, 6.45) is 2.17. The van der Waals surface area contributed by atoms with Gasteiger partial charge in [0.2, 0.25) is 0 Å². The number of rotatable bonds is 2. The van der Waals surface area contributed by atoms with Gasteiger partial charge in [-0.25, -0.2) is 4.39 Å². The zero-order chi connectivity index (χ0) is 14.1. The summed E-state index contributed by atoms with van der Waals surface area (Å²) >= 11 is 0. The largest absolute Gasteiger partial charge is 0.318 e. The summed E-state index contributed by atoms with van der Waals surface area (Å²) in [7, 11) is 1.67. The van der Waals surface area contributed by atoms with Gasteiger partial charge in [0.15, 0.2) is 0 Å². The third-order valence-corrected chi connectivity index (χ3v) is 3.51. The van der Waals surface area contributed by atoms with Gasteiger partial charge in [-0.15, -0.1) is 0 Å². The van der Waals surface area contributed by atoms with Crippen molar-refractivity contribution in [3.63, 3.8) is 0 Å². The number of carbonyl (C=O) groups is 1. The predicted octanol–water partition coefficient (Wildman–Crippen LogP) is 1.46. The van der Waals surface area contributed by atoms with Crippen molar-refractivity contribution in [3.05, 3.63) is 47.0 Å². The minimum absolute atomic E-state index is 0.219. The topological polar surface area (TPSA) is 59.0 Å². The van der Waals surface area contributed by atoms with E-state index in [0.29, 0.717) is 24.2 Å². The third-order valence-electron chi connectivity index (χ3n) is 3.51. The van der Waals surface area contributed by atoms with Crippen molar-refractivity contribution in [1.82, 2.24) is 15.1 Å². The maximum atomic E-state index is 14.4. The number of amides is 1. The molecule has 0 saturated carbocycles. The molecule has 0 aliphatic carbocycles. The molecule has 0 saturated heterocycles. The van der Waals surface area contributed by atoms with Crippen molar-refractivity contribution in [2.75, 3.05) is 11.9 Å². The van der Waals surface area contributed by atoms with Crippen LogP contribution in [-0.2, 0) is 20.0 Å². The number of aromatic nitrogens is 2. The van der Waals surface area contributed by atoms with E-state index in [9.17, 15) is 9.18 Å². The number of aryl methyl sites for hydroxylation is 1. The van der Waals surface area contributed by atoms with Crippen LogP contribution in [0, 0.1) is 5.82 Å². The molecule has 0 bridgehead atoms.